The summed E-state index contributed by atoms with van der Waals surface area (Å²) in [4.78, 5) is 10.9. The van der Waals surface area contributed by atoms with Crippen molar-refractivity contribution in [2.45, 2.75) is 32.7 Å². The summed E-state index contributed by atoms with van der Waals surface area (Å²) in [5, 5.41) is 21.7. The topological polar surface area (TPSA) is 69.6 Å². The smallest absolute Gasteiger partial charge is 0.303 e. The van der Waals surface area contributed by atoms with Gasteiger partial charge in [0.1, 0.15) is 0 Å². The Morgan fingerprint density at radius 3 is 2.40 bits per heavy atom. The maximum absolute atomic E-state index is 10.9. The zero-order chi connectivity index (χ0) is 15.0. The molecular weight excluding hydrogens is 254 g/mol. The fourth-order valence-corrected chi connectivity index (χ4v) is 2.43. The van der Waals surface area contributed by atoms with Crippen molar-refractivity contribution < 1.29 is 15.0 Å². The van der Waals surface area contributed by atoms with E-state index in [4.69, 9.17) is 5.11 Å². The summed E-state index contributed by atoms with van der Waals surface area (Å²) in [5.74, 6) is -0.214. The van der Waals surface area contributed by atoms with Gasteiger partial charge in [0.25, 0.3) is 0 Å². The molecule has 1 rings (SSSR count). The zero-order valence-corrected chi connectivity index (χ0v) is 12.2. The molecule has 112 valence electrons. The Kier molecular flexibility index (Phi) is 7.26. The fourth-order valence-electron chi connectivity index (χ4n) is 2.43. The minimum atomic E-state index is -0.766. The molecule has 20 heavy (non-hydrogen) atoms. The van der Waals surface area contributed by atoms with E-state index in [0.29, 0.717) is 12.5 Å². The van der Waals surface area contributed by atoms with Crippen LogP contribution >= 0.6 is 0 Å². The SMILES string of the molecule is CC(C)C[C@H](CN[C@@H](CO)c1ccccc1)CC(=O)O. The van der Waals surface area contributed by atoms with Gasteiger partial charge in [-0.25, -0.2) is 0 Å². The van der Waals surface area contributed by atoms with Crippen molar-refractivity contribution in [3.8, 4) is 0 Å². The molecule has 1 aromatic carbocycles. The Balaban J connectivity index is 2.57. The molecule has 0 aliphatic heterocycles. The zero-order valence-electron chi connectivity index (χ0n) is 12.2. The Morgan fingerprint density at radius 1 is 1.25 bits per heavy atom. The molecule has 0 saturated carbocycles. The number of carboxylic acids is 1. The van der Waals surface area contributed by atoms with Crippen LogP contribution in [0.4, 0.5) is 0 Å². The third kappa shape index (κ3) is 6.17. The lowest BCUT2D eigenvalue weighted by Gasteiger charge is -2.22. The van der Waals surface area contributed by atoms with E-state index in [1.807, 2.05) is 30.3 Å². The summed E-state index contributed by atoms with van der Waals surface area (Å²) in [6.45, 7) is 4.79. The molecule has 0 bridgehead atoms. The van der Waals surface area contributed by atoms with E-state index in [0.717, 1.165) is 12.0 Å². The number of hydrogen-bond donors (Lipinski definition) is 3. The van der Waals surface area contributed by atoms with Gasteiger partial charge in [0, 0.05) is 6.42 Å². The molecule has 0 saturated heterocycles. The number of carboxylic acid groups (broad SMARTS) is 1. The van der Waals surface area contributed by atoms with Gasteiger partial charge in [0.15, 0.2) is 0 Å². The predicted octanol–water partition coefficient (Wildman–Crippen LogP) is 2.45. The molecule has 0 spiro atoms. The van der Waals surface area contributed by atoms with Crippen LogP contribution in [0.5, 0.6) is 0 Å². The predicted molar refractivity (Wildman–Crippen MR) is 79.5 cm³/mol. The summed E-state index contributed by atoms with van der Waals surface area (Å²) in [6.07, 6.45) is 1.03. The molecule has 3 N–H and O–H groups in total. The van der Waals surface area contributed by atoms with Crippen LogP contribution in [0.25, 0.3) is 0 Å². The van der Waals surface area contributed by atoms with Gasteiger partial charge in [0.05, 0.1) is 12.6 Å². The lowest BCUT2D eigenvalue weighted by Crippen LogP contribution is -2.31. The average Bonchev–Trinajstić information content (AvgIpc) is 2.39. The minimum absolute atomic E-state index is 0.00544. The average molecular weight is 279 g/mol. The van der Waals surface area contributed by atoms with Crippen LogP contribution in [0, 0.1) is 11.8 Å². The lowest BCUT2D eigenvalue weighted by atomic mass is 9.93. The van der Waals surface area contributed by atoms with Crippen LogP contribution in [0.2, 0.25) is 0 Å². The van der Waals surface area contributed by atoms with Gasteiger partial charge in [-0.05, 0) is 30.4 Å². The van der Waals surface area contributed by atoms with Crippen molar-refractivity contribution in [1.29, 1.82) is 0 Å². The maximum Gasteiger partial charge on any atom is 0.303 e. The van der Waals surface area contributed by atoms with E-state index in [9.17, 15) is 9.90 Å². The molecule has 0 heterocycles. The first-order chi connectivity index (χ1) is 9.52. The molecule has 0 amide bonds. The van der Waals surface area contributed by atoms with Crippen LogP contribution < -0.4 is 5.32 Å². The molecule has 0 unspecified atom stereocenters. The normalized spacial score (nSPS) is 14.2. The molecule has 1 aromatic rings. The standard InChI is InChI=1S/C16H25NO3/c1-12(2)8-13(9-16(19)20)10-17-15(11-18)14-6-4-3-5-7-14/h3-7,12-13,15,17-18H,8-11H2,1-2H3,(H,19,20)/t13-,15-/m0/s1. The second kappa shape index (κ2) is 8.72. The van der Waals surface area contributed by atoms with Crippen LogP contribution in [0.3, 0.4) is 0 Å². The first-order valence-corrected chi connectivity index (χ1v) is 7.14. The van der Waals surface area contributed by atoms with Gasteiger partial charge in [-0.1, -0.05) is 44.2 Å². The largest absolute Gasteiger partial charge is 0.481 e. The molecule has 0 radical (unpaired) electrons. The van der Waals surface area contributed by atoms with E-state index in [1.165, 1.54) is 0 Å². The molecule has 0 fully saturated rings. The monoisotopic (exact) mass is 279 g/mol. The Morgan fingerprint density at radius 2 is 1.90 bits per heavy atom. The van der Waals surface area contributed by atoms with Crippen molar-refractivity contribution in [3.63, 3.8) is 0 Å². The highest BCUT2D eigenvalue weighted by Crippen LogP contribution is 2.17. The minimum Gasteiger partial charge on any atom is -0.481 e. The van der Waals surface area contributed by atoms with E-state index < -0.39 is 5.97 Å². The second-order valence-electron chi connectivity index (χ2n) is 5.65. The molecule has 4 nitrogen and oxygen atoms in total. The number of aliphatic carboxylic acids is 1. The highest BCUT2D eigenvalue weighted by molar-refractivity contribution is 5.67. The summed E-state index contributed by atoms with van der Waals surface area (Å²) < 4.78 is 0. The molecule has 4 heteroatoms. The van der Waals surface area contributed by atoms with Crippen molar-refractivity contribution in [2.24, 2.45) is 11.8 Å². The van der Waals surface area contributed by atoms with E-state index >= 15 is 0 Å². The van der Waals surface area contributed by atoms with Crippen LogP contribution in [0.15, 0.2) is 30.3 Å². The van der Waals surface area contributed by atoms with Gasteiger partial charge in [0.2, 0.25) is 0 Å². The first kappa shape index (κ1) is 16.7. The summed E-state index contributed by atoms with van der Waals surface area (Å²) >= 11 is 0. The molecule has 0 aliphatic rings. The highest BCUT2D eigenvalue weighted by Gasteiger charge is 2.17. The van der Waals surface area contributed by atoms with Crippen LogP contribution in [0.1, 0.15) is 38.3 Å². The van der Waals surface area contributed by atoms with Gasteiger partial charge in [-0.2, -0.15) is 0 Å². The van der Waals surface area contributed by atoms with Gasteiger partial charge < -0.3 is 15.5 Å². The van der Waals surface area contributed by atoms with Gasteiger partial charge in [-0.15, -0.1) is 0 Å². The number of rotatable bonds is 9. The van der Waals surface area contributed by atoms with Crippen molar-refractivity contribution >= 4 is 5.97 Å². The van der Waals surface area contributed by atoms with Crippen molar-refractivity contribution in [1.82, 2.24) is 5.32 Å². The number of carbonyl (C=O) groups is 1. The van der Waals surface area contributed by atoms with E-state index in [1.54, 1.807) is 0 Å². The number of aliphatic hydroxyl groups excluding tert-OH is 1. The highest BCUT2D eigenvalue weighted by atomic mass is 16.4. The number of benzene rings is 1. The summed E-state index contributed by atoms with van der Waals surface area (Å²) in [7, 11) is 0. The number of aliphatic hydroxyl groups is 1. The molecule has 0 aromatic heterocycles. The van der Waals surface area contributed by atoms with Crippen LogP contribution in [-0.2, 0) is 4.79 Å². The van der Waals surface area contributed by atoms with E-state index in [-0.39, 0.29) is 25.0 Å². The quantitative estimate of drug-likeness (QED) is 0.649. The third-order valence-corrected chi connectivity index (χ3v) is 3.31. The van der Waals surface area contributed by atoms with Gasteiger partial charge in [-0.3, -0.25) is 4.79 Å². The lowest BCUT2D eigenvalue weighted by molar-refractivity contribution is -0.138. The fraction of sp³-hybridized carbons (Fsp3) is 0.562. The molecule has 2 atom stereocenters. The molecular formula is C16H25NO3. The summed E-state index contributed by atoms with van der Waals surface area (Å²) in [6, 6.07) is 9.58. The van der Waals surface area contributed by atoms with Crippen molar-refractivity contribution in [3.05, 3.63) is 35.9 Å². The maximum atomic E-state index is 10.9. The van der Waals surface area contributed by atoms with Crippen molar-refractivity contribution in [2.75, 3.05) is 13.2 Å². The first-order valence-electron chi connectivity index (χ1n) is 7.14. The third-order valence-electron chi connectivity index (χ3n) is 3.31. The second-order valence-corrected chi connectivity index (χ2v) is 5.65. The number of hydrogen-bond acceptors (Lipinski definition) is 3. The number of nitrogens with one attached hydrogen (secondary N) is 1. The Bertz CT molecular complexity index is 392. The Labute approximate surface area is 120 Å². The molecule has 0 aliphatic carbocycles. The Hall–Kier alpha value is -1.39. The van der Waals surface area contributed by atoms with Crippen LogP contribution in [-0.4, -0.2) is 29.3 Å². The van der Waals surface area contributed by atoms with E-state index in [2.05, 4.69) is 19.2 Å². The van der Waals surface area contributed by atoms with Gasteiger partial charge >= 0.3 is 5.97 Å². The summed E-state index contributed by atoms with van der Waals surface area (Å²) in [5.41, 5.74) is 1.02.